The van der Waals surface area contributed by atoms with E-state index in [0.29, 0.717) is 22.7 Å². The second-order valence-corrected chi connectivity index (χ2v) is 4.98. The highest BCUT2D eigenvalue weighted by Crippen LogP contribution is 2.20. The zero-order valence-corrected chi connectivity index (χ0v) is 12.4. The highest BCUT2D eigenvalue weighted by molar-refractivity contribution is 9.10. The third-order valence-electron chi connectivity index (χ3n) is 2.85. The van der Waals surface area contributed by atoms with Gasteiger partial charge in [0.1, 0.15) is 17.0 Å². The molecule has 0 atom stereocenters. The average Bonchev–Trinajstić information content (AvgIpc) is 2.93. The summed E-state index contributed by atoms with van der Waals surface area (Å²) < 4.78 is 13.4. The molecule has 2 aromatic heterocycles. The Morgan fingerprint density at radius 2 is 2.05 bits per heavy atom. The Morgan fingerprint density at radius 1 is 1.25 bits per heavy atom. The Labute approximate surface area is 124 Å². The second-order valence-electron chi connectivity index (χ2n) is 4.16. The predicted octanol–water partition coefficient (Wildman–Crippen LogP) is 3.08. The van der Waals surface area contributed by atoms with Gasteiger partial charge in [-0.1, -0.05) is 12.1 Å². The molecule has 0 saturated carbocycles. The van der Waals surface area contributed by atoms with Gasteiger partial charge in [0.2, 0.25) is 5.65 Å². The largest absolute Gasteiger partial charge is 0.497 e. The Hall–Kier alpha value is -2.08. The van der Waals surface area contributed by atoms with E-state index in [4.69, 9.17) is 9.47 Å². The quantitative estimate of drug-likeness (QED) is 0.736. The predicted molar refractivity (Wildman–Crippen MR) is 78.0 cm³/mol. The maximum Gasteiger partial charge on any atom is 0.259 e. The molecule has 0 saturated heterocycles. The van der Waals surface area contributed by atoms with Crippen LogP contribution in [0.4, 0.5) is 0 Å². The van der Waals surface area contributed by atoms with Crippen molar-refractivity contribution in [3.8, 4) is 11.6 Å². The maximum atomic E-state index is 5.75. The molecule has 0 bridgehead atoms. The number of ether oxygens (including phenoxy) is 2. The van der Waals surface area contributed by atoms with Crippen LogP contribution in [0.1, 0.15) is 5.56 Å². The molecule has 6 heteroatoms. The van der Waals surface area contributed by atoms with Gasteiger partial charge in [0.25, 0.3) is 5.88 Å². The van der Waals surface area contributed by atoms with Gasteiger partial charge in [-0.05, 0) is 33.6 Å². The first-order chi connectivity index (χ1) is 9.76. The van der Waals surface area contributed by atoms with Crippen molar-refractivity contribution < 1.29 is 9.47 Å². The fraction of sp³-hybridized carbons (Fsp3) is 0.143. The number of halogens is 1. The van der Waals surface area contributed by atoms with Gasteiger partial charge >= 0.3 is 0 Å². The van der Waals surface area contributed by atoms with Crippen molar-refractivity contribution in [1.29, 1.82) is 0 Å². The zero-order valence-electron chi connectivity index (χ0n) is 10.8. The van der Waals surface area contributed by atoms with Gasteiger partial charge in [-0.15, -0.1) is 0 Å². The van der Waals surface area contributed by atoms with Crippen LogP contribution in [0.25, 0.3) is 5.65 Å². The Morgan fingerprint density at radius 3 is 2.80 bits per heavy atom. The van der Waals surface area contributed by atoms with Crippen molar-refractivity contribution in [1.82, 2.24) is 14.4 Å². The molecule has 1 aromatic carbocycles. The lowest BCUT2D eigenvalue weighted by molar-refractivity contribution is 0.295. The van der Waals surface area contributed by atoms with Gasteiger partial charge in [0.15, 0.2) is 0 Å². The van der Waals surface area contributed by atoms with Crippen molar-refractivity contribution in [3.63, 3.8) is 0 Å². The van der Waals surface area contributed by atoms with Gasteiger partial charge in [-0.25, -0.2) is 9.97 Å². The minimum atomic E-state index is 0.427. The van der Waals surface area contributed by atoms with Gasteiger partial charge in [-0.2, -0.15) is 0 Å². The van der Waals surface area contributed by atoms with Crippen LogP contribution in [-0.2, 0) is 6.61 Å². The van der Waals surface area contributed by atoms with Gasteiger partial charge in [0.05, 0.1) is 7.11 Å². The lowest BCUT2D eigenvalue weighted by atomic mass is 10.2. The van der Waals surface area contributed by atoms with Crippen molar-refractivity contribution in [2.24, 2.45) is 0 Å². The van der Waals surface area contributed by atoms with E-state index < -0.39 is 0 Å². The Balaban J connectivity index is 1.80. The topological polar surface area (TPSA) is 48.7 Å². The number of rotatable bonds is 4. The first kappa shape index (κ1) is 12.9. The van der Waals surface area contributed by atoms with E-state index in [1.807, 2.05) is 41.1 Å². The van der Waals surface area contributed by atoms with Crippen LogP contribution in [-0.4, -0.2) is 21.5 Å². The average molecular weight is 334 g/mol. The van der Waals surface area contributed by atoms with Gasteiger partial charge < -0.3 is 9.47 Å². The van der Waals surface area contributed by atoms with Crippen molar-refractivity contribution in [3.05, 3.63) is 53.0 Å². The lowest BCUT2D eigenvalue weighted by Crippen LogP contribution is -2.00. The van der Waals surface area contributed by atoms with E-state index >= 15 is 0 Å². The lowest BCUT2D eigenvalue weighted by Gasteiger charge is -2.07. The third kappa shape index (κ3) is 2.60. The normalized spacial score (nSPS) is 10.7. The Kier molecular flexibility index (Phi) is 3.56. The SMILES string of the molecule is COc1ccc(COc2nc(Br)cn3ccnc23)cc1. The van der Waals surface area contributed by atoms with Crippen LogP contribution in [0.2, 0.25) is 0 Å². The summed E-state index contributed by atoms with van der Waals surface area (Å²) in [7, 11) is 1.64. The molecule has 0 aliphatic rings. The molecular weight excluding hydrogens is 322 g/mol. The molecule has 0 aliphatic carbocycles. The molecule has 0 amide bonds. The number of benzene rings is 1. The van der Waals surface area contributed by atoms with Crippen LogP contribution in [0.15, 0.2) is 47.5 Å². The van der Waals surface area contributed by atoms with E-state index in [9.17, 15) is 0 Å². The number of imidazole rings is 1. The van der Waals surface area contributed by atoms with Crippen molar-refractivity contribution in [2.45, 2.75) is 6.61 Å². The molecule has 2 heterocycles. The molecule has 0 spiro atoms. The molecule has 20 heavy (non-hydrogen) atoms. The summed E-state index contributed by atoms with van der Waals surface area (Å²) in [4.78, 5) is 8.54. The monoisotopic (exact) mass is 333 g/mol. The second kappa shape index (κ2) is 5.50. The van der Waals surface area contributed by atoms with E-state index in [-0.39, 0.29) is 0 Å². The number of nitrogens with zero attached hydrogens (tertiary/aromatic N) is 3. The molecule has 0 fully saturated rings. The standard InChI is InChI=1S/C14H12BrN3O2/c1-19-11-4-2-10(3-5-11)9-20-14-13-16-6-7-18(13)8-12(15)17-14/h2-8H,9H2,1H3. The third-order valence-corrected chi connectivity index (χ3v) is 3.23. The molecule has 102 valence electrons. The number of hydrogen-bond donors (Lipinski definition) is 0. The molecule has 3 rings (SSSR count). The number of fused-ring (bicyclic) bond motifs is 1. The number of hydrogen-bond acceptors (Lipinski definition) is 4. The molecule has 0 N–H and O–H groups in total. The number of aromatic nitrogens is 3. The molecular formula is C14H12BrN3O2. The van der Waals surface area contributed by atoms with Crippen LogP contribution in [0.5, 0.6) is 11.6 Å². The van der Waals surface area contributed by atoms with Gasteiger partial charge in [0, 0.05) is 18.6 Å². The van der Waals surface area contributed by atoms with E-state index in [1.165, 1.54) is 0 Å². The minimum Gasteiger partial charge on any atom is -0.497 e. The summed E-state index contributed by atoms with van der Waals surface area (Å²) in [5.74, 6) is 1.32. The summed E-state index contributed by atoms with van der Waals surface area (Å²) in [6, 6.07) is 7.72. The van der Waals surface area contributed by atoms with Crippen molar-refractivity contribution >= 4 is 21.6 Å². The van der Waals surface area contributed by atoms with Crippen LogP contribution in [0.3, 0.4) is 0 Å². The van der Waals surface area contributed by atoms with Crippen molar-refractivity contribution in [2.75, 3.05) is 7.11 Å². The summed E-state index contributed by atoms with van der Waals surface area (Å²) in [5.41, 5.74) is 1.74. The van der Waals surface area contributed by atoms with Gasteiger partial charge in [-0.3, -0.25) is 4.40 Å². The van der Waals surface area contributed by atoms with Crippen LogP contribution < -0.4 is 9.47 Å². The molecule has 0 aliphatic heterocycles. The highest BCUT2D eigenvalue weighted by Gasteiger charge is 2.08. The summed E-state index contributed by atoms with van der Waals surface area (Å²) in [6.45, 7) is 0.427. The van der Waals surface area contributed by atoms with Crippen LogP contribution >= 0.6 is 15.9 Å². The maximum absolute atomic E-state index is 5.75. The molecule has 5 nitrogen and oxygen atoms in total. The summed E-state index contributed by atoms with van der Waals surface area (Å²) in [6.07, 6.45) is 5.40. The van der Waals surface area contributed by atoms with Crippen LogP contribution in [0, 0.1) is 0 Å². The highest BCUT2D eigenvalue weighted by atomic mass is 79.9. The molecule has 3 aromatic rings. The molecule has 0 unspecified atom stereocenters. The minimum absolute atomic E-state index is 0.427. The summed E-state index contributed by atoms with van der Waals surface area (Å²) in [5, 5.41) is 0. The van der Waals surface area contributed by atoms with E-state index in [1.54, 1.807) is 13.3 Å². The number of methoxy groups -OCH3 is 1. The fourth-order valence-electron chi connectivity index (χ4n) is 1.84. The van der Waals surface area contributed by atoms with E-state index in [2.05, 4.69) is 25.9 Å². The first-order valence-electron chi connectivity index (χ1n) is 6.01. The smallest absolute Gasteiger partial charge is 0.259 e. The fourth-order valence-corrected chi connectivity index (χ4v) is 2.23. The molecule has 0 radical (unpaired) electrons. The van der Waals surface area contributed by atoms with E-state index in [0.717, 1.165) is 11.3 Å². The first-order valence-corrected chi connectivity index (χ1v) is 6.80. The summed E-state index contributed by atoms with van der Waals surface area (Å²) >= 11 is 3.36. The zero-order chi connectivity index (χ0) is 13.9. The Bertz CT molecular complexity index is 725.